The van der Waals surface area contributed by atoms with Crippen molar-refractivity contribution in [3.8, 4) is 0 Å². The van der Waals surface area contributed by atoms with Crippen molar-refractivity contribution >= 4 is 17.0 Å². The predicted octanol–water partition coefficient (Wildman–Crippen LogP) is 1.54. The van der Waals surface area contributed by atoms with Crippen LogP contribution in [0.15, 0.2) is 24.3 Å². The summed E-state index contributed by atoms with van der Waals surface area (Å²) in [6, 6.07) is 7.93. The number of nitrogens with one attached hydrogen (secondary N) is 1. The minimum atomic E-state index is -0.675. The van der Waals surface area contributed by atoms with E-state index >= 15 is 0 Å². The normalized spacial score (nSPS) is 18.6. The zero-order valence-electron chi connectivity index (χ0n) is 11.1. The first kappa shape index (κ1) is 12.4. The van der Waals surface area contributed by atoms with Gasteiger partial charge < -0.3 is 19.7 Å². The van der Waals surface area contributed by atoms with Gasteiger partial charge in [-0.25, -0.2) is 4.98 Å². The Bertz CT molecular complexity index is 528. The molecule has 102 valence electrons. The molecule has 0 aliphatic carbocycles. The summed E-state index contributed by atoms with van der Waals surface area (Å²) in [6.07, 6.45) is 1.36. The number of H-pyrrole nitrogens is 1. The third-order valence-electron chi connectivity index (χ3n) is 3.69. The maximum Gasteiger partial charge on any atom is 0.203 e. The number of fused-ring (bicyclic) bond motifs is 1. The highest BCUT2D eigenvalue weighted by Crippen LogP contribution is 2.24. The van der Waals surface area contributed by atoms with E-state index < -0.39 is 5.60 Å². The number of benzene rings is 1. The average Bonchev–Trinajstić information content (AvgIpc) is 2.83. The summed E-state index contributed by atoms with van der Waals surface area (Å²) in [5, 5.41) is 10.5. The molecule has 3 rings (SSSR count). The smallest absolute Gasteiger partial charge is 0.203 e. The van der Waals surface area contributed by atoms with E-state index in [1.807, 2.05) is 36.2 Å². The standard InChI is InChI=1S/C14H19N3O2/c1-17(10-14(18)6-8-19-9-7-14)13-15-11-4-2-3-5-12(11)16-13/h2-5,18H,6-10H2,1H3,(H,15,16). The van der Waals surface area contributed by atoms with Crippen molar-refractivity contribution in [2.45, 2.75) is 18.4 Å². The third kappa shape index (κ3) is 2.57. The van der Waals surface area contributed by atoms with Crippen molar-refractivity contribution in [1.82, 2.24) is 9.97 Å². The van der Waals surface area contributed by atoms with Gasteiger partial charge in [-0.3, -0.25) is 0 Å². The van der Waals surface area contributed by atoms with Crippen LogP contribution in [0.4, 0.5) is 5.95 Å². The number of aliphatic hydroxyl groups is 1. The second kappa shape index (κ2) is 4.83. The molecule has 19 heavy (non-hydrogen) atoms. The molecular weight excluding hydrogens is 242 g/mol. The number of aromatic nitrogens is 2. The van der Waals surface area contributed by atoms with E-state index in [4.69, 9.17) is 4.74 Å². The summed E-state index contributed by atoms with van der Waals surface area (Å²) >= 11 is 0. The van der Waals surface area contributed by atoms with E-state index in [9.17, 15) is 5.11 Å². The lowest BCUT2D eigenvalue weighted by Gasteiger charge is -2.35. The van der Waals surface area contributed by atoms with E-state index in [2.05, 4.69) is 9.97 Å². The molecule has 1 aliphatic heterocycles. The van der Waals surface area contributed by atoms with Crippen LogP contribution in [0.1, 0.15) is 12.8 Å². The van der Waals surface area contributed by atoms with Gasteiger partial charge in [0.05, 0.1) is 16.6 Å². The fourth-order valence-electron chi connectivity index (χ4n) is 2.55. The van der Waals surface area contributed by atoms with Crippen molar-refractivity contribution in [3.63, 3.8) is 0 Å². The Balaban J connectivity index is 1.77. The number of aromatic amines is 1. The third-order valence-corrected chi connectivity index (χ3v) is 3.69. The van der Waals surface area contributed by atoms with Gasteiger partial charge in [0, 0.05) is 39.6 Å². The van der Waals surface area contributed by atoms with Gasteiger partial charge in [0.25, 0.3) is 0 Å². The van der Waals surface area contributed by atoms with Crippen molar-refractivity contribution in [3.05, 3.63) is 24.3 Å². The summed E-state index contributed by atoms with van der Waals surface area (Å²) in [7, 11) is 1.95. The first-order valence-corrected chi connectivity index (χ1v) is 6.62. The molecule has 5 heteroatoms. The number of para-hydroxylation sites is 2. The topological polar surface area (TPSA) is 61.4 Å². The van der Waals surface area contributed by atoms with E-state index in [1.54, 1.807) is 0 Å². The molecule has 1 fully saturated rings. The molecule has 0 saturated carbocycles. The van der Waals surface area contributed by atoms with Crippen LogP contribution in [0, 0.1) is 0 Å². The second-order valence-corrected chi connectivity index (χ2v) is 5.27. The predicted molar refractivity (Wildman–Crippen MR) is 74.4 cm³/mol. The zero-order chi connectivity index (χ0) is 13.3. The first-order valence-electron chi connectivity index (χ1n) is 6.62. The highest BCUT2D eigenvalue weighted by Gasteiger charge is 2.31. The quantitative estimate of drug-likeness (QED) is 0.880. The molecule has 2 heterocycles. The molecule has 1 aliphatic rings. The Morgan fingerprint density at radius 3 is 2.84 bits per heavy atom. The van der Waals surface area contributed by atoms with Crippen molar-refractivity contribution in [1.29, 1.82) is 0 Å². The summed E-state index contributed by atoms with van der Waals surface area (Å²) in [6.45, 7) is 1.82. The number of likely N-dealkylation sites (N-methyl/N-ethyl adjacent to an activating group) is 1. The minimum absolute atomic E-state index is 0.566. The largest absolute Gasteiger partial charge is 0.388 e. The molecule has 1 aromatic heterocycles. The summed E-state index contributed by atoms with van der Waals surface area (Å²) in [5.41, 5.74) is 1.29. The molecule has 1 aromatic carbocycles. The minimum Gasteiger partial charge on any atom is -0.388 e. The molecule has 2 N–H and O–H groups in total. The van der Waals surface area contributed by atoms with Crippen LogP contribution in [0.25, 0.3) is 11.0 Å². The van der Waals surface area contributed by atoms with E-state index in [0.717, 1.165) is 17.0 Å². The number of ether oxygens (including phenoxy) is 1. The number of nitrogens with zero attached hydrogens (tertiary/aromatic N) is 2. The number of rotatable bonds is 3. The van der Waals surface area contributed by atoms with Gasteiger partial charge >= 0.3 is 0 Å². The maximum atomic E-state index is 10.5. The van der Waals surface area contributed by atoms with Crippen LogP contribution in [0.2, 0.25) is 0 Å². The van der Waals surface area contributed by atoms with Gasteiger partial charge in [-0.2, -0.15) is 0 Å². The molecule has 0 atom stereocenters. The van der Waals surface area contributed by atoms with Gasteiger partial charge in [-0.1, -0.05) is 12.1 Å². The Kier molecular flexibility index (Phi) is 3.16. The fraction of sp³-hybridized carbons (Fsp3) is 0.500. The number of hydrogen-bond acceptors (Lipinski definition) is 4. The van der Waals surface area contributed by atoms with Gasteiger partial charge in [0.2, 0.25) is 5.95 Å². The molecule has 5 nitrogen and oxygen atoms in total. The Hall–Kier alpha value is -1.59. The van der Waals surface area contributed by atoms with Crippen molar-refractivity contribution < 1.29 is 9.84 Å². The fourth-order valence-corrected chi connectivity index (χ4v) is 2.55. The van der Waals surface area contributed by atoms with Gasteiger partial charge in [-0.15, -0.1) is 0 Å². The lowest BCUT2D eigenvalue weighted by molar-refractivity contribution is -0.0573. The Labute approximate surface area is 112 Å². The zero-order valence-corrected chi connectivity index (χ0v) is 11.1. The van der Waals surface area contributed by atoms with Gasteiger partial charge in [0.1, 0.15) is 0 Å². The molecule has 0 spiro atoms. The highest BCUT2D eigenvalue weighted by molar-refractivity contribution is 5.77. The van der Waals surface area contributed by atoms with Crippen LogP contribution in [-0.4, -0.2) is 47.5 Å². The van der Waals surface area contributed by atoms with Gasteiger partial charge in [-0.05, 0) is 12.1 Å². The number of anilines is 1. The van der Waals surface area contributed by atoms with Crippen LogP contribution in [0.3, 0.4) is 0 Å². The average molecular weight is 261 g/mol. The van der Waals surface area contributed by atoms with E-state index in [-0.39, 0.29) is 0 Å². The summed E-state index contributed by atoms with van der Waals surface area (Å²) in [5.74, 6) is 0.793. The first-order chi connectivity index (χ1) is 9.16. The lowest BCUT2D eigenvalue weighted by Crippen LogP contribution is -2.46. The van der Waals surface area contributed by atoms with Crippen LogP contribution in [0.5, 0.6) is 0 Å². The molecular formula is C14H19N3O2. The molecule has 0 unspecified atom stereocenters. The lowest BCUT2D eigenvalue weighted by atomic mass is 9.94. The molecule has 0 amide bonds. The van der Waals surface area contributed by atoms with Crippen LogP contribution >= 0.6 is 0 Å². The van der Waals surface area contributed by atoms with Crippen molar-refractivity contribution in [2.24, 2.45) is 0 Å². The van der Waals surface area contributed by atoms with Crippen LogP contribution < -0.4 is 4.90 Å². The Morgan fingerprint density at radius 2 is 2.11 bits per heavy atom. The SMILES string of the molecule is CN(CC1(O)CCOCC1)c1nc2ccccc2[nH]1. The monoisotopic (exact) mass is 261 g/mol. The number of imidazole rings is 1. The molecule has 0 bridgehead atoms. The number of hydrogen-bond donors (Lipinski definition) is 2. The van der Waals surface area contributed by atoms with Gasteiger partial charge in [0.15, 0.2) is 0 Å². The Morgan fingerprint density at radius 1 is 1.37 bits per heavy atom. The van der Waals surface area contributed by atoms with E-state index in [1.165, 1.54) is 0 Å². The summed E-state index contributed by atoms with van der Waals surface area (Å²) < 4.78 is 5.30. The molecule has 0 radical (unpaired) electrons. The molecule has 1 saturated heterocycles. The van der Waals surface area contributed by atoms with E-state index in [0.29, 0.717) is 32.6 Å². The van der Waals surface area contributed by atoms with Crippen LogP contribution in [-0.2, 0) is 4.74 Å². The molecule has 2 aromatic rings. The highest BCUT2D eigenvalue weighted by atomic mass is 16.5. The maximum absolute atomic E-state index is 10.5. The summed E-state index contributed by atoms with van der Waals surface area (Å²) in [4.78, 5) is 9.79. The second-order valence-electron chi connectivity index (χ2n) is 5.27. The van der Waals surface area contributed by atoms with Crippen molar-refractivity contribution in [2.75, 3.05) is 31.7 Å².